The van der Waals surface area contributed by atoms with Crippen LogP contribution < -0.4 is 11.1 Å². The maximum atomic E-state index is 5.88. The van der Waals surface area contributed by atoms with E-state index in [0.717, 1.165) is 18.4 Å². The minimum Gasteiger partial charge on any atom is -0.328 e. The molecule has 17 heavy (non-hydrogen) atoms. The molecule has 0 spiro atoms. The van der Waals surface area contributed by atoms with Crippen LogP contribution >= 0.6 is 0 Å². The number of hydrogen-bond acceptors (Lipinski definition) is 2. The molecule has 1 aromatic carbocycles. The fourth-order valence-electron chi connectivity index (χ4n) is 3.14. The predicted octanol–water partition coefficient (Wildman–Crippen LogP) is 2.36. The van der Waals surface area contributed by atoms with E-state index >= 15 is 0 Å². The van der Waals surface area contributed by atoms with E-state index in [2.05, 4.69) is 29.6 Å². The molecular formula is C15H22N2. The molecule has 92 valence electrons. The molecule has 2 aliphatic rings. The average molecular weight is 230 g/mol. The molecule has 0 radical (unpaired) electrons. The highest BCUT2D eigenvalue weighted by atomic mass is 14.9. The zero-order valence-electron chi connectivity index (χ0n) is 10.4. The fraction of sp³-hybridized carbons (Fsp3) is 0.600. The first-order valence-corrected chi connectivity index (χ1v) is 6.89. The van der Waals surface area contributed by atoms with Crippen LogP contribution in [-0.2, 0) is 0 Å². The first-order valence-electron chi connectivity index (χ1n) is 6.89. The Kier molecular flexibility index (Phi) is 3.17. The molecule has 3 N–H and O–H groups in total. The number of nitrogens with two attached hydrogens (primary N) is 1. The van der Waals surface area contributed by atoms with Gasteiger partial charge in [-0.3, -0.25) is 0 Å². The maximum Gasteiger partial charge on any atom is 0.00504 e. The zero-order valence-corrected chi connectivity index (χ0v) is 10.4. The molecule has 3 rings (SSSR count). The molecule has 0 bridgehead atoms. The van der Waals surface area contributed by atoms with Gasteiger partial charge < -0.3 is 11.1 Å². The Bertz CT molecular complexity index is 376. The van der Waals surface area contributed by atoms with Crippen molar-refractivity contribution in [2.45, 2.75) is 43.6 Å². The smallest absolute Gasteiger partial charge is 0.00504 e. The molecule has 0 aromatic heterocycles. The lowest BCUT2D eigenvalue weighted by molar-refractivity contribution is 0.351. The molecule has 1 unspecified atom stereocenters. The van der Waals surface area contributed by atoms with Crippen LogP contribution in [0.25, 0.3) is 0 Å². The van der Waals surface area contributed by atoms with Crippen LogP contribution in [-0.4, -0.2) is 19.1 Å². The molecule has 1 aromatic rings. The van der Waals surface area contributed by atoms with Crippen LogP contribution in [0.2, 0.25) is 0 Å². The first-order chi connectivity index (χ1) is 8.33. The van der Waals surface area contributed by atoms with E-state index in [9.17, 15) is 0 Å². The van der Waals surface area contributed by atoms with Gasteiger partial charge in [-0.2, -0.15) is 0 Å². The van der Waals surface area contributed by atoms with Crippen molar-refractivity contribution >= 4 is 0 Å². The molecule has 1 saturated heterocycles. The van der Waals surface area contributed by atoms with Crippen molar-refractivity contribution in [2.24, 2.45) is 5.73 Å². The van der Waals surface area contributed by atoms with Crippen molar-refractivity contribution in [2.75, 3.05) is 13.1 Å². The van der Waals surface area contributed by atoms with Gasteiger partial charge in [-0.1, -0.05) is 24.3 Å². The molecule has 0 amide bonds. The third-order valence-electron chi connectivity index (χ3n) is 4.32. The van der Waals surface area contributed by atoms with Crippen LogP contribution in [0.5, 0.6) is 0 Å². The van der Waals surface area contributed by atoms with Crippen molar-refractivity contribution in [1.29, 1.82) is 0 Å². The number of hydrogen-bond donors (Lipinski definition) is 2. The summed E-state index contributed by atoms with van der Waals surface area (Å²) in [6.07, 6.45) is 4.99. The normalized spacial score (nSPS) is 33.1. The summed E-state index contributed by atoms with van der Waals surface area (Å²) in [7, 11) is 0. The van der Waals surface area contributed by atoms with E-state index in [1.165, 1.54) is 43.4 Å². The van der Waals surface area contributed by atoms with Gasteiger partial charge in [0, 0.05) is 12.6 Å². The second-order valence-corrected chi connectivity index (χ2v) is 5.64. The maximum absolute atomic E-state index is 5.88. The van der Waals surface area contributed by atoms with Gasteiger partial charge in [0.05, 0.1) is 0 Å². The highest BCUT2D eigenvalue weighted by molar-refractivity contribution is 5.31. The SMILES string of the molecule is NC1CC(c2cccc(C3CCCNC3)c2)C1. The van der Waals surface area contributed by atoms with E-state index in [4.69, 9.17) is 5.73 Å². The predicted molar refractivity (Wildman–Crippen MR) is 71.2 cm³/mol. The number of piperidine rings is 1. The van der Waals surface area contributed by atoms with Gasteiger partial charge in [-0.25, -0.2) is 0 Å². The Hall–Kier alpha value is -0.860. The van der Waals surface area contributed by atoms with Crippen LogP contribution in [0.4, 0.5) is 0 Å². The van der Waals surface area contributed by atoms with Crippen molar-refractivity contribution in [3.05, 3.63) is 35.4 Å². The lowest BCUT2D eigenvalue weighted by atomic mass is 9.75. The van der Waals surface area contributed by atoms with E-state index < -0.39 is 0 Å². The molecular weight excluding hydrogens is 208 g/mol. The summed E-state index contributed by atoms with van der Waals surface area (Å²) in [5.74, 6) is 1.44. The second kappa shape index (κ2) is 4.79. The molecule has 1 heterocycles. The molecule has 1 aliphatic carbocycles. The Morgan fingerprint density at radius 2 is 1.88 bits per heavy atom. The first kappa shape index (κ1) is 11.2. The topological polar surface area (TPSA) is 38.0 Å². The number of rotatable bonds is 2. The van der Waals surface area contributed by atoms with Crippen molar-refractivity contribution in [3.63, 3.8) is 0 Å². The quantitative estimate of drug-likeness (QED) is 0.818. The number of nitrogens with one attached hydrogen (secondary N) is 1. The molecule has 2 fully saturated rings. The third kappa shape index (κ3) is 2.38. The van der Waals surface area contributed by atoms with Gasteiger partial charge in [0.15, 0.2) is 0 Å². The van der Waals surface area contributed by atoms with Gasteiger partial charge in [0.25, 0.3) is 0 Å². The summed E-state index contributed by atoms with van der Waals surface area (Å²) in [4.78, 5) is 0. The Labute approximate surface area is 104 Å². The summed E-state index contributed by atoms with van der Waals surface area (Å²) in [6, 6.07) is 9.66. The summed E-state index contributed by atoms with van der Waals surface area (Å²) < 4.78 is 0. The van der Waals surface area contributed by atoms with E-state index in [-0.39, 0.29) is 0 Å². The fourth-order valence-corrected chi connectivity index (χ4v) is 3.14. The van der Waals surface area contributed by atoms with Gasteiger partial charge >= 0.3 is 0 Å². The third-order valence-corrected chi connectivity index (χ3v) is 4.32. The summed E-state index contributed by atoms with van der Waals surface area (Å²) in [5, 5.41) is 3.50. The molecule has 2 nitrogen and oxygen atoms in total. The average Bonchev–Trinajstić information content (AvgIpc) is 2.36. The van der Waals surface area contributed by atoms with E-state index in [1.807, 2.05) is 0 Å². The second-order valence-electron chi connectivity index (χ2n) is 5.64. The van der Waals surface area contributed by atoms with Crippen LogP contribution in [0.1, 0.15) is 48.6 Å². The molecule has 1 aliphatic heterocycles. The summed E-state index contributed by atoms with van der Waals surface area (Å²) in [6.45, 7) is 2.33. The zero-order chi connectivity index (χ0) is 11.7. The van der Waals surface area contributed by atoms with E-state index in [1.54, 1.807) is 0 Å². The number of benzene rings is 1. The largest absolute Gasteiger partial charge is 0.328 e. The van der Waals surface area contributed by atoms with Gasteiger partial charge in [0.2, 0.25) is 0 Å². The molecule has 1 saturated carbocycles. The standard InChI is InChI=1S/C15H22N2/c16-15-8-14(9-15)12-4-1-3-11(7-12)13-5-2-6-17-10-13/h1,3-4,7,13-15,17H,2,5-6,8-10,16H2. The highest BCUT2D eigenvalue weighted by Gasteiger charge is 2.27. The summed E-state index contributed by atoms with van der Waals surface area (Å²) in [5.41, 5.74) is 8.91. The van der Waals surface area contributed by atoms with E-state index in [0.29, 0.717) is 6.04 Å². The summed E-state index contributed by atoms with van der Waals surface area (Å²) >= 11 is 0. The Morgan fingerprint density at radius 3 is 2.53 bits per heavy atom. The Balaban J connectivity index is 1.74. The monoisotopic (exact) mass is 230 g/mol. The lowest BCUT2D eigenvalue weighted by Gasteiger charge is -2.33. The minimum atomic E-state index is 0.444. The molecule has 1 atom stereocenters. The minimum absolute atomic E-state index is 0.444. The Morgan fingerprint density at radius 1 is 1.12 bits per heavy atom. The van der Waals surface area contributed by atoms with Gasteiger partial charge in [-0.05, 0) is 55.2 Å². The van der Waals surface area contributed by atoms with Crippen LogP contribution in [0, 0.1) is 0 Å². The van der Waals surface area contributed by atoms with Crippen molar-refractivity contribution < 1.29 is 0 Å². The highest BCUT2D eigenvalue weighted by Crippen LogP contribution is 2.37. The van der Waals surface area contributed by atoms with Gasteiger partial charge in [0.1, 0.15) is 0 Å². The van der Waals surface area contributed by atoms with Crippen molar-refractivity contribution in [1.82, 2.24) is 5.32 Å². The van der Waals surface area contributed by atoms with Crippen molar-refractivity contribution in [3.8, 4) is 0 Å². The van der Waals surface area contributed by atoms with Crippen LogP contribution in [0.3, 0.4) is 0 Å². The lowest BCUT2D eigenvalue weighted by Crippen LogP contribution is -2.34. The van der Waals surface area contributed by atoms with Gasteiger partial charge in [-0.15, -0.1) is 0 Å². The molecule has 2 heteroatoms. The van der Waals surface area contributed by atoms with Crippen LogP contribution in [0.15, 0.2) is 24.3 Å².